The predicted octanol–water partition coefficient (Wildman–Crippen LogP) is 0.726. The molecule has 14 heavy (non-hydrogen) atoms. The van der Waals surface area contributed by atoms with Crippen molar-refractivity contribution in [2.24, 2.45) is 5.92 Å². The van der Waals surface area contributed by atoms with Crippen LogP contribution in [0.25, 0.3) is 0 Å². The molecule has 0 radical (unpaired) electrons. The summed E-state index contributed by atoms with van der Waals surface area (Å²) in [6, 6.07) is 0. The average molecular weight is 202 g/mol. The Morgan fingerprint density at radius 3 is 2.86 bits per heavy atom. The smallest absolute Gasteiger partial charge is 0.308 e. The Kier molecular flexibility index (Phi) is 4.35. The number of methoxy groups -OCH3 is 1. The van der Waals surface area contributed by atoms with E-state index in [0.717, 1.165) is 12.8 Å². The van der Waals surface area contributed by atoms with Gasteiger partial charge in [0.05, 0.1) is 32.3 Å². The van der Waals surface area contributed by atoms with Gasteiger partial charge in [-0.05, 0) is 18.8 Å². The zero-order chi connectivity index (χ0) is 10.6. The van der Waals surface area contributed by atoms with Crippen LogP contribution in [0.1, 0.15) is 26.2 Å². The molecule has 3 atom stereocenters. The van der Waals surface area contributed by atoms with E-state index in [0.29, 0.717) is 12.3 Å². The van der Waals surface area contributed by atoms with Crippen molar-refractivity contribution in [3.05, 3.63) is 0 Å². The number of hydrogen-bond donors (Lipinski definition) is 1. The van der Waals surface area contributed by atoms with E-state index >= 15 is 0 Å². The van der Waals surface area contributed by atoms with E-state index in [2.05, 4.69) is 11.7 Å². The number of carbonyl (C=O) groups is 1. The van der Waals surface area contributed by atoms with E-state index in [1.165, 1.54) is 7.11 Å². The van der Waals surface area contributed by atoms with Gasteiger partial charge >= 0.3 is 5.97 Å². The molecule has 4 nitrogen and oxygen atoms in total. The molecule has 0 spiro atoms. The van der Waals surface area contributed by atoms with Gasteiger partial charge in [-0.25, -0.2) is 0 Å². The maximum absolute atomic E-state index is 11.0. The molecule has 0 bridgehead atoms. The second-order valence-corrected chi connectivity index (χ2v) is 3.81. The minimum atomic E-state index is -0.249. The maximum atomic E-state index is 11.0. The standard InChI is InChI=1S/C10H18O4/c1-7-3-4-8(5-10(12)13-2)14-9(7)6-11/h7-9,11H,3-6H2,1-2H3/t7-,8+,9+/m0/s1. The Balaban J connectivity index is 2.38. The number of hydrogen-bond acceptors (Lipinski definition) is 4. The molecule has 0 aromatic carbocycles. The molecule has 0 amide bonds. The first-order chi connectivity index (χ1) is 6.67. The second-order valence-electron chi connectivity index (χ2n) is 3.81. The molecule has 1 aliphatic rings. The summed E-state index contributed by atoms with van der Waals surface area (Å²) in [6.07, 6.45) is 1.94. The van der Waals surface area contributed by atoms with Crippen LogP contribution in [-0.2, 0) is 14.3 Å². The van der Waals surface area contributed by atoms with Gasteiger partial charge in [0.1, 0.15) is 0 Å². The highest BCUT2D eigenvalue weighted by molar-refractivity contribution is 5.69. The van der Waals surface area contributed by atoms with Crippen molar-refractivity contribution < 1.29 is 19.4 Å². The number of esters is 1. The van der Waals surface area contributed by atoms with Crippen LogP contribution in [-0.4, -0.2) is 37.0 Å². The van der Waals surface area contributed by atoms with Crippen LogP contribution in [0, 0.1) is 5.92 Å². The molecule has 1 fully saturated rings. The first kappa shape index (κ1) is 11.5. The fraction of sp³-hybridized carbons (Fsp3) is 0.900. The summed E-state index contributed by atoms with van der Waals surface area (Å²) >= 11 is 0. The Bertz CT molecular complexity index is 193. The van der Waals surface area contributed by atoms with E-state index in [1.54, 1.807) is 0 Å². The molecular weight excluding hydrogens is 184 g/mol. The topological polar surface area (TPSA) is 55.8 Å². The fourth-order valence-corrected chi connectivity index (χ4v) is 1.73. The summed E-state index contributed by atoms with van der Waals surface area (Å²) in [6.45, 7) is 2.08. The number of rotatable bonds is 3. The summed E-state index contributed by atoms with van der Waals surface area (Å²) in [5.74, 6) is 0.120. The van der Waals surface area contributed by atoms with Gasteiger partial charge in [-0.15, -0.1) is 0 Å². The lowest BCUT2D eigenvalue weighted by molar-refractivity contribution is -0.150. The first-order valence-electron chi connectivity index (χ1n) is 5.00. The third-order valence-electron chi connectivity index (χ3n) is 2.75. The molecule has 0 unspecified atom stereocenters. The van der Waals surface area contributed by atoms with E-state index in [9.17, 15) is 4.79 Å². The lowest BCUT2D eigenvalue weighted by atomic mass is 9.93. The Morgan fingerprint density at radius 1 is 1.57 bits per heavy atom. The average Bonchev–Trinajstić information content (AvgIpc) is 2.20. The van der Waals surface area contributed by atoms with Crippen LogP contribution in [0.5, 0.6) is 0 Å². The lowest BCUT2D eigenvalue weighted by Gasteiger charge is -2.33. The summed E-state index contributed by atoms with van der Waals surface area (Å²) in [5, 5.41) is 9.03. The second kappa shape index (κ2) is 5.32. The minimum absolute atomic E-state index is 0.0266. The van der Waals surface area contributed by atoms with Crippen molar-refractivity contribution in [2.45, 2.75) is 38.4 Å². The van der Waals surface area contributed by atoms with E-state index in [-0.39, 0.29) is 24.8 Å². The molecule has 82 valence electrons. The van der Waals surface area contributed by atoms with Gasteiger partial charge in [0.2, 0.25) is 0 Å². The summed E-state index contributed by atoms with van der Waals surface area (Å²) in [4.78, 5) is 11.0. The van der Waals surface area contributed by atoms with Gasteiger partial charge < -0.3 is 14.6 Å². The van der Waals surface area contributed by atoms with Crippen molar-refractivity contribution in [3.8, 4) is 0 Å². The number of ether oxygens (including phenoxy) is 2. The fourth-order valence-electron chi connectivity index (χ4n) is 1.73. The quantitative estimate of drug-likeness (QED) is 0.685. The van der Waals surface area contributed by atoms with Gasteiger partial charge in [-0.3, -0.25) is 4.79 Å². The van der Waals surface area contributed by atoms with Crippen LogP contribution in [0.4, 0.5) is 0 Å². The molecule has 0 saturated carbocycles. The normalized spacial score (nSPS) is 32.6. The zero-order valence-electron chi connectivity index (χ0n) is 8.73. The molecule has 1 N–H and O–H groups in total. The molecule has 1 heterocycles. The maximum Gasteiger partial charge on any atom is 0.308 e. The third-order valence-corrected chi connectivity index (χ3v) is 2.75. The Labute approximate surface area is 84.2 Å². The Hall–Kier alpha value is -0.610. The molecule has 1 aliphatic heterocycles. The van der Waals surface area contributed by atoms with E-state index in [1.807, 2.05) is 0 Å². The van der Waals surface area contributed by atoms with Gasteiger partial charge in [0, 0.05) is 0 Å². The minimum Gasteiger partial charge on any atom is -0.469 e. The Morgan fingerprint density at radius 2 is 2.29 bits per heavy atom. The first-order valence-corrected chi connectivity index (χ1v) is 5.00. The number of aliphatic hydroxyl groups excluding tert-OH is 1. The number of aliphatic hydroxyl groups is 1. The molecule has 1 rings (SSSR count). The summed E-state index contributed by atoms with van der Waals surface area (Å²) < 4.78 is 10.1. The van der Waals surface area contributed by atoms with Gasteiger partial charge in [0.25, 0.3) is 0 Å². The van der Waals surface area contributed by atoms with Crippen molar-refractivity contribution in [1.29, 1.82) is 0 Å². The highest BCUT2D eigenvalue weighted by atomic mass is 16.5. The van der Waals surface area contributed by atoms with Gasteiger partial charge in [0.15, 0.2) is 0 Å². The molecule has 0 aromatic rings. The highest BCUT2D eigenvalue weighted by Gasteiger charge is 2.29. The van der Waals surface area contributed by atoms with Crippen LogP contribution < -0.4 is 0 Å². The highest BCUT2D eigenvalue weighted by Crippen LogP contribution is 2.26. The molecule has 0 aliphatic carbocycles. The largest absolute Gasteiger partial charge is 0.469 e. The van der Waals surface area contributed by atoms with Crippen molar-refractivity contribution in [2.75, 3.05) is 13.7 Å². The molecule has 0 aromatic heterocycles. The zero-order valence-corrected chi connectivity index (χ0v) is 8.73. The van der Waals surface area contributed by atoms with Gasteiger partial charge in [-0.2, -0.15) is 0 Å². The summed E-state index contributed by atoms with van der Waals surface area (Å²) in [5.41, 5.74) is 0. The van der Waals surface area contributed by atoms with Crippen molar-refractivity contribution in [1.82, 2.24) is 0 Å². The van der Waals surface area contributed by atoms with Crippen molar-refractivity contribution >= 4 is 5.97 Å². The van der Waals surface area contributed by atoms with Crippen LogP contribution in [0.3, 0.4) is 0 Å². The van der Waals surface area contributed by atoms with E-state index in [4.69, 9.17) is 9.84 Å². The molecule has 1 saturated heterocycles. The lowest BCUT2D eigenvalue weighted by Crippen LogP contribution is -2.37. The van der Waals surface area contributed by atoms with Crippen LogP contribution in [0.2, 0.25) is 0 Å². The monoisotopic (exact) mass is 202 g/mol. The van der Waals surface area contributed by atoms with Gasteiger partial charge in [-0.1, -0.05) is 6.92 Å². The van der Waals surface area contributed by atoms with E-state index < -0.39 is 0 Å². The molecular formula is C10H18O4. The van der Waals surface area contributed by atoms with Crippen molar-refractivity contribution in [3.63, 3.8) is 0 Å². The summed E-state index contributed by atoms with van der Waals surface area (Å²) in [7, 11) is 1.37. The number of carbonyl (C=O) groups excluding carboxylic acids is 1. The van der Waals surface area contributed by atoms with Crippen LogP contribution in [0.15, 0.2) is 0 Å². The predicted molar refractivity (Wildman–Crippen MR) is 50.8 cm³/mol. The molecule has 4 heteroatoms. The SMILES string of the molecule is COC(=O)C[C@H]1CC[C@H](C)[C@@H](CO)O1. The van der Waals surface area contributed by atoms with Crippen LogP contribution >= 0.6 is 0 Å². The third kappa shape index (κ3) is 2.96.